The molecule has 4 nitrogen and oxygen atoms in total. The number of carbonyl (C=O) groups is 1. The maximum atomic E-state index is 11.9. The van der Waals surface area contributed by atoms with Crippen LogP contribution >= 0.6 is 0 Å². The van der Waals surface area contributed by atoms with Gasteiger partial charge in [-0.05, 0) is 27.3 Å². The second-order valence-electron chi connectivity index (χ2n) is 4.13. The van der Waals surface area contributed by atoms with Gasteiger partial charge >= 0.3 is 0 Å². The van der Waals surface area contributed by atoms with Gasteiger partial charge in [-0.3, -0.25) is 9.69 Å². The maximum Gasteiger partial charge on any atom is 0.240 e. The van der Waals surface area contributed by atoms with Crippen LogP contribution in [0.1, 0.15) is 20.3 Å². The van der Waals surface area contributed by atoms with E-state index < -0.39 is 0 Å². The largest absolute Gasteiger partial charge is 0.396 e. The Balaban J connectivity index is 2.67. The minimum absolute atomic E-state index is 0.0761. The van der Waals surface area contributed by atoms with E-state index in [9.17, 15) is 4.79 Å². The van der Waals surface area contributed by atoms with Gasteiger partial charge in [-0.15, -0.1) is 0 Å². The van der Waals surface area contributed by atoms with Crippen molar-refractivity contribution in [2.24, 2.45) is 0 Å². The number of likely N-dealkylation sites (N-methyl/N-ethyl adjacent to an activating group) is 1. The smallest absolute Gasteiger partial charge is 0.240 e. The molecule has 1 aliphatic heterocycles. The summed E-state index contributed by atoms with van der Waals surface area (Å²) in [6.07, 6.45) is 0.540. The SMILES string of the molecule is CC(C)N1CCN(C)C(CCO)C1=O. The number of aliphatic hydroxyl groups excluding tert-OH is 1. The zero-order chi connectivity index (χ0) is 10.7. The first kappa shape index (κ1) is 11.5. The van der Waals surface area contributed by atoms with E-state index in [4.69, 9.17) is 5.11 Å². The van der Waals surface area contributed by atoms with Crippen molar-refractivity contribution in [3.8, 4) is 0 Å². The van der Waals surface area contributed by atoms with E-state index in [1.165, 1.54) is 0 Å². The Hall–Kier alpha value is -0.610. The summed E-state index contributed by atoms with van der Waals surface area (Å²) in [7, 11) is 1.94. The molecule has 1 aliphatic rings. The van der Waals surface area contributed by atoms with Crippen LogP contribution in [0.15, 0.2) is 0 Å². The lowest BCUT2D eigenvalue weighted by Gasteiger charge is -2.40. The zero-order valence-corrected chi connectivity index (χ0v) is 9.23. The third kappa shape index (κ3) is 2.25. The van der Waals surface area contributed by atoms with Gasteiger partial charge < -0.3 is 10.0 Å². The highest BCUT2D eigenvalue weighted by Gasteiger charge is 2.32. The van der Waals surface area contributed by atoms with Gasteiger partial charge in [0.05, 0.1) is 6.04 Å². The van der Waals surface area contributed by atoms with Crippen molar-refractivity contribution in [1.29, 1.82) is 0 Å². The first-order valence-corrected chi connectivity index (χ1v) is 5.19. The van der Waals surface area contributed by atoms with Gasteiger partial charge in [0, 0.05) is 25.7 Å². The predicted octanol–water partition coefficient (Wildman–Crippen LogP) is -0.0802. The molecule has 1 saturated heterocycles. The summed E-state index contributed by atoms with van der Waals surface area (Å²) in [6, 6.07) is 0.133. The number of carbonyl (C=O) groups excluding carboxylic acids is 1. The monoisotopic (exact) mass is 200 g/mol. The third-order valence-corrected chi connectivity index (χ3v) is 2.82. The molecule has 0 aromatic heterocycles. The molecular formula is C10H20N2O2. The zero-order valence-electron chi connectivity index (χ0n) is 9.23. The Labute approximate surface area is 85.5 Å². The summed E-state index contributed by atoms with van der Waals surface area (Å²) in [6.45, 7) is 5.83. The summed E-state index contributed by atoms with van der Waals surface area (Å²) in [5.41, 5.74) is 0. The highest BCUT2D eigenvalue weighted by Crippen LogP contribution is 2.14. The van der Waals surface area contributed by atoms with Crippen LogP contribution in [0.25, 0.3) is 0 Å². The van der Waals surface area contributed by atoms with Crippen molar-refractivity contribution in [1.82, 2.24) is 9.80 Å². The number of hydrogen-bond donors (Lipinski definition) is 1. The first-order chi connectivity index (χ1) is 6.57. The molecule has 1 heterocycles. The van der Waals surface area contributed by atoms with E-state index in [0.29, 0.717) is 6.42 Å². The Bertz CT molecular complexity index is 206. The third-order valence-electron chi connectivity index (χ3n) is 2.82. The van der Waals surface area contributed by atoms with Crippen LogP contribution in [-0.2, 0) is 4.79 Å². The molecule has 0 spiro atoms. The van der Waals surface area contributed by atoms with Crippen LogP contribution < -0.4 is 0 Å². The minimum atomic E-state index is -0.129. The molecule has 0 aromatic carbocycles. The molecule has 0 aromatic rings. The first-order valence-electron chi connectivity index (χ1n) is 5.19. The van der Waals surface area contributed by atoms with Crippen molar-refractivity contribution in [3.05, 3.63) is 0 Å². The topological polar surface area (TPSA) is 43.8 Å². The van der Waals surface area contributed by atoms with Gasteiger partial charge in [-0.25, -0.2) is 0 Å². The number of piperazine rings is 1. The van der Waals surface area contributed by atoms with E-state index >= 15 is 0 Å². The fraction of sp³-hybridized carbons (Fsp3) is 0.900. The van der Waals surface area contributed by atoms with Gasteiger partial charge in [0.15, 0.2) is 0 Å². The average molecular weight is 200 g/mol. The van der Waals surface area contributed by atoms with Crippen LogP contribution in [-0.4, -0.2) is 59.6 Å². The van der Waals surface area contributed by atoms with E-state index in [-0.39, 0.29) is 24.6 Å². The molecule has 1 atom stereocenters. The Morgan fingerprint density at radius 2 is 2.14 bits per heavy atom. The van der Waals surface area contributed by atoms with Crippen LogP contribution in [0.2, 0.25) is 0 Å². The second kappa shape index (κ2) is 4.75. The molecule has 14 heavy (non-hydrogen) atoms. The van der Waals surface area contributed by atoms with Gasteiger partial charge in [0.25, 0.3) is 0 Å². The highest BCUT2D eigenvalue weighted by molar-refractivity contribution is 5.82. The lowest BCUT2D eigenvalue weighted by Crippen LogP contribution is -2.57. The Kier molecular flexibility index (Phi) is 3.89. The molecule has 4 heteroatoms. The molecule has 0 bridgehead atoms. The predicted molar refractivity (Wildman–Crippen MR) is 55.0 cm³/mol. The minimum Gasteiger partial charge on any atom is -0.396 e. The van der Waals surface area contributed by atoms with E-state index in [0.717, 1.165) is 13.1 Å². The van der Waals surface area contributed by atoms with Crippen molar-refractivity contribution >= 4 is 5.91 Å². The number of nitrogens with zero attached hydrogens (tertiary/aromatic N) is 2. The van der Waals surface area contributed by atoms with Crippen LogP contribution in [0.4, 0.5) is 0 Å². The number of amides is 1. The normalized spacial score (nSPS) is 24.8. The Morgan fingerprint density at radius 3 is 2.64 bits per heavy atom. The van der Waals surface area contributed by atoms with Crippen LogP contribution in [0.3, 0.4) is 0 Å². The fourth-order valence-electron chi connectivity index (χ4n) is 1.89. The molecule has 1 N–H and O–H groups in total. The molecule has 0 saturated carbocycles. The molecule has 0 aliphatic carbocycles. The fourth-order valence-corrected chi connectivity index (χ4v) is 1.89. The van der Waals surface area contributed by atoms with E-state index in [1.807, 2.05) is 30.7 Å². The number of rotatable bonds is 3. The number of hydrogen-bond acceptors (Lipinski definition) is 3. The lowest BCUT2D eigenvalue weighted by atomic mass is 10.1. The van der Waals surface area contributed by atoms with E-state index in [1.54, 1.807) is 0 Å². The average Bonchev–Trinajstić information content (AvgIpc) is 2.11. The summed E-state index contributed by atoms with van der Waals surface area (Å²) in [4.78, 5) is 15.9. The number of aliphatic hydroxyl groups is 1. The molecule has 1 fully saturated rings. The molecule has 1 amide bonds. The molecule has 1 unspecified atom stereocenters. The maximum absolute atomic E-state index is 11.9. The summed E-state index contributed by atoms with van der Waals surface area (Å²) < 4.78 is 0. The molecular weight excluding hydrogens is 180 g/mol. The summed E-state index contributed by atoms with van der Waals surface area (Å²) in [5, 5.41) is 8.88. The van der Waals surface area contributed by atoms with Gasteiger partial charge in [-0.2, -0.15) is 0 Å². The summed E-state index contributed by atoms with van der Waals surface area (Å²) in [5.74, 6) is 0.155. The van der Waals surface area contributed by atoms with Crippen molar-refractivity contribution < 1.29 is 9.90 Å². The molecule has 0 radical (unpaired) electrons. The Morgan fingerprint density at radius 1 is 1.50 bits per heavy atom. The van der Waals surface area contributed by atoms with E-state index in [2.05, 4.69) is 0 Å². The quantitative estimate of drug-likeness (QED) is 0.693. The highest BCUT2D eigenvalue weighted by atomic mass is 16.3. The lowest BCUT2D eigenvalue weighted by molar-refractivity contribution is -0.143. The van der Waals surface area contributed by atoms with Crippen molar-refractivity contribution in [3.63, 3.8) is 0 Å². The van der Waals surface area contributed by atoms with Gasteiger partial charge in [0.2, 0.25) is 5.91 Å². The van der Waals surface area contributed by atoms with Crippen LogP contribution in [0, 0.1) is 0 Å². The summed E-state index contributed by atoms with van der Waals surface area (Å²) >= 11 is 0. The van der Waals surface area contributed by atoms with Gasteiger partial charge in [0.1, 0.15) is 0 Å². The molecule has 1 rings (SSSR count). The van der Waals surface area contributed by atoms with Crippen molar-refractivity contribution in [2.45, 2.75) is 32.4 Å². The second-order valence-corrected chi connectivity index (χ2v) is 4.13. The van der Waals surface area contributed by atoms with Gasteiger partial charge in [-0.1, -0.05) is 0 Å². The van der Waals surface area contributed by atoms with Crippen molar-refractivity contribution in [2.75, 3.05) is 26.7 Å². The van der Waals surface area contributed by atoms with Crippen LogP contribution in [0.5, 0.6) is 0 Å². The standard InChI is InChI=1S/C10H20N2O2/c1-8(2)12-6-5-11(3)9(4-7-13)10(12)14/h8-9,13H,4-7H2,1-3H3. The molecule has 82 valence electrons.